The zero-order valence-electron chi connectivity index (χ0n) is 16.3. The van der Waals surface area contributed by atoms with Crippen LogP contribution in [0.1, 0.15) is 0 Å². The van der Waals surface area contributed by atoms with Gasteiger partial charge in [-0.15, -0.1) is 10.2 Å². The average molecular weight is 431 g/mol. The number of nitrogens with zero attached hydrogens (tertiary/aromatic N) is 2. The maximum absolute atomic E-state index is 12.5. The number of fused-ring (bicyclic) bond motifs is 1. The fraction of sp³-hybridized carbons (Fsp3) is 0.0870. The van der Waals surface area contributed by atoms with Crippen LogP contribution < -0.4 is 14.8 Å². The molecule has 154 valence electrons. The van der Waals surface area contributed by atoms with Crippen molar-refractivity contribution in [2.45, 2.75) is 5.22 Å². The van der Waals surface area contributed by atoms with Gasteiger partial charge in [-0.05, 0) is 29.8 Å². The summed E-state index contributed by atoms with van der Waals surface area (Å²) in [5, 5.41) is 11.4. The first-order valence-corrected chi connectivity index (χ1v) is 10.6. The van der Waals surface area contributed by atoms with E-state index >= 15 is 0 Å². The van der Waals surface area contributed by atoms with Crippen molar-refractivity contribution in [2.24, 2.45) is 0 Å². The largest absolute Gasteiger partial charge is 0.454 e. The third-order valence-electron chi connectivity index (χ3n) is 4.64. The first-order valence-electron chi connectivity index (χ1n) is 9.57. The predicted molar refractivity (Wildman–Crippen MR) is 117 cm³/mol. The number of carbonyl (C=O) groups is 1. The Kier molecular flexibility index (Phi) is 5.28. The molecule has 0 bridgehead atoms. The number of nitrogens with one attached hydrogen (secondary N) is 1. The van der Waals surface area contributed by atoms with Crippen LogP contribution in [0.3, 0.4) is 0 Å². The first kappa shape index (κ1) is 19.2. The highest BCUT2D eigenvalue weighted by Gasteiger charge is 2.17. The summed E-state index contributed by atoms with van der Waals surface area (Å²) in [5.41, 5.74) is 3.48. The van der Waals surface area contributed by atoms with Crippen molar-refractivity contribution >= 4 is 23.4 Å². The molecule has 4 aromatic rings. The molecule has 0 fully saturated rings. The normalized spacial score (nSPS) is 12.0. The molecule has 8 heteroatoms. The number of benzene rings is 3. The minimum Gasteiger partial charge on any atom is -0.454 e. The monoisotopic (exact) mass is 431 g/mol. The number of ether oxygens (including phenoxy) is 2. The molecule has 0 saturated carbocycles. The van der Waals surface area contributed by atoms with E-state index in [1.54, 1.807) is 12.1 Å². The number of hydrogen-bond acceptors (Lipinski definition) is 7. The summed E-state index contributed by atoms with van der Waals surface area (Å²) in [6.07, 6.45) is 0. The smallest absolute Gasteiger partial charge is 0.277 e. The van der Waals surface area contributed by atoms with Gasteiger partial charge in [-0.1, -0.05) is 60.3 Å². The molecule has 0 unspecified atom stereocenters. The van der Waals surface area contributed by atoms with Gasteiger partial charge < -0.3 is 19.2 Å². The van der Waals surface area contributed by atoms with Gasteiger partial charge in [0.25, 0.3) is 5.22 Å². The number of aromatic nitrogens is 2. The van der Waals surface area contributed by atoms with Gasteiger partial charge in [0.15, 0.2) is 11.5 Å². The Bertz CT molecular complexity index is 1230. The number of anilines is 1. The predicted octanol–water partition coefficient (Wildman–Crippen LogP) is 4.86. The SMILES string of the molecule is O=C(CSc1nnc(-c2ccc3c(c2)OCO3)o1)Nc1ccccc1-c1ccccc1. The lowest BCUT2D eigenvalue weighted by Gasteiger charge is -2.10. The van der Waals surface area contributed by atoms with Crippen LogP contribution in [0.15, 0.2) is 82.4 Å². The van der Waals surface area contributed by atoms with Crippen molar-refractivity contribution in [1.82, 2.24) is 10.2 Å². The minimum atomic E-state index is -0.156. The number of carbonyl (C=O) groups excluding carboxylic acids is 1. The molecule has 1 aromatic heterocycles. The Balaban J connectivity index is 1.23. The van der Waals surface area contributed by atoms with Gasteiger partial charge >= 0.3 is 0 Å². The topological polar surface area (TPSA) is 86.5 Å². The fourth-order valence-corrected chi connectivity index (χ4v) is 3.75. The second-order valence-corrected chi connectivity index (χ2v) is 7.62. The fourth-order valence-electron chi connectivity index (χ4n) is 3.19. The molecular weight excluding hydrogens is 414 g/mol. The molecule has 1 N–H and O–H groups in total. The van der Waals surface area contributed by atoms with Gasteiger partial charge in [0, 0.05) is 16.8 Å². The first-order chi connectivity index (χ1) is 15.3. The maximum atomic E-state index is 12.5. The summed E-state index contributed by atoms with van der Waals surface area (Å²) in [5.74, 6) is 1.67. The molecule has 0 atom stereocenters. The van der Waals surface area contributed by atoms with E-state index in [1.807, 2.05) is 60.7 Å². The van der Waals surface area contributed by atoms with Crippen LogP contribution in [0.5, 0.6) is 11.5 Å². The summed E-state index contributed by atoms with van der Waals surface area (Å²) in [4.78, 5) is 12.5. The number of rotatable bonds is 6. The van der Waals surface area contributed by atoms with Crippen LogP contribution >= 0.6 is 11.8 Å². The molecule has 7 nitrogen and oxygen atoms in total. The van der Waals surface area contributed by atoms with Crippen molar-refractivity contribution in [2.75, 3.05) is 17.9 Å². The Hall–Kier alpha value is -3.78. The van der Waals surface area contributed by atoms with Crippen molar-refractivity contribution in [3.05, 3.63) is 72.8 Å². The lowest BCUT2D eigenvalue weighted by Crippen LogP contribution is -2.14. The minimum absolute atomic E-state index is 0.145. The molecule has 3 aromatic carbocycles. The lowest BCUT2D eigenvalue weighted by molar-refractivity contribution is -0.113. The second-order valence-electron chi connectivity index (χ2n) is 6.69. The lowest BCUT2D eigenvalue weighted by atomic mass is 10.0. The highest BCUT2D eigenvalue weighted by atomic mass is 32.2. The third kappa shape index (κ3) is 4.24. The summed E-state index contributed by atoms with van der Waals surface area (Å²) in [6.45, 7) is 0.201. The summed E-state index contributed by atoms with van der Waals surface area (Å²) >= 11 is 1.18. The van der Waals surface area contributed by atoms with Crippen molar-refractivity contribution in [3.8, 4) is 34.1 Å². The summed E-state index contributed by atoms with van der Waals surface area (Å²) in [7, 11) is 0. The summed E-state index contributed by atoms with van der Waals surface area (Å²) in [6, 6.07) is 23.0. The maximum Gasteiger partial charge on any atom is 0.277 e. The molecule has 0 saturated heterocycles. The van der Waals surface area contributed by atoms with Gasteiger partial charge in [0.1, 0.15) is 0 Å². The van der Waals surface area contributed by atoms with Crippen molar-refractivity contribution < 1.29 is 18.7 Å². The van der Waals surface area contributed by atoms with Gasteiger partial charge in [-0.3, -0.25) is 4.79 Å². The molecule has 0 aliphatic carbocycles. The van der Waals surface area contributed by atoms with Gasteiger partial charge in [0.05, 0.1) is 5.75 Å². The molecule has 2 heterocycles. The van der Waals surface area contributed by atoms with E-state index in [2.05, 4.69) is 15.5 Å². The molecule has 31 heavy (non-hydrogen) atoms. The highest BCUT2D eigenvalue weighted by Crippen LogP contribution is 2.36. The van der Waals surface area contributed by atoms with E-state index in [0.29, 0.717) is 22.6 Å². The van der Waals surface area contributed by atoms with Crippen LogP contribution in [0.4, 0.5) is 5.69 Å². The highest BCUT2D eigenvalue weighted by molar-refractivity contribution is 7.99. The Morgan fingerprint density at radius 3 is 2.61 bits per heavy atom. The number of thioether (sulfide) groups is 1. The molecule has 1 amide bonds. The molecule has 0 spiro atoms. The van der Waals surface area contributed by atoms with Gasteiger partial charge in [0.2, 0.25) is 18.6 Å². The van der Waals surface area contributed by atoms with Crippen LogP contribution in [-0.4, -0.2) is 28.7 Å². The van der Waals surface area contributed by atoms with E-state index in [1.165, 1.54) is 11.8 Å². The zero-order chi connectivity index (χ0) is 21.0. The van der Waals surface area contributed by atoms with Crippen molar-refractivity contribution in [3.63, 3.8) is 0 Å². The van der Waals surface area contributed by atoms with Crippen LogP contribution in [0.2, 0.25) is 0 Å². The Morgan fingerprint density at radius 2 is 1.71 bits per heavy atom. The van der Waals surface area contributed by atoms with E-state index in [0.717, 1.165) is 22.4 Å². The molecular formula is C23H17N3O4S. The van der Waals surface area contributed by atoms with E-state index in [9.17, 15) is 4.79 Å². The number of hydrogen-bond donors (Lipinski definition) is 1. The quantitative estimate of drug-likeness (QED) is 0.436. The standard InChI is InChI=1S/C23H17N3O4S/c27-21(24-18-9-5-4-8-17(18)15-6-2-1-3-7-15)13-31-23-26-25-22(30-23)16-10-11-19-20(12-16)29-14-28-19/h1-12H,13-14H2,(H,24,27). The molecule has 5 rings (SSSR count). The second kappa shape index (κ2) is 8.53. The third-order valence-corrected chi connectivity index (χ3v) is 5.46. The Labute approximate surface area is 182 Å². The summed E-state index contributed by atoms with van der Waals surface area (Å²) < 4.78 is 16.4. The molecule has 1 aliphatic heterocycles. The van der Waals surface area contributed by atoms with E-state index in [4.69, 9.17) is 13.9 Å². The number of para-hydroxylation sites is 1. The number of amides is 1. The van der Waals surface area contributed by atoms with Crippen LogP contribution in [-0.2, 0) is 4.79 Å². The van der Waals surface area contributed by atoms with E-state index in [-0.39, 0.29) is 18.5 Å². The molecule has 0 radical (unpaired) electrons. The molecule has 1 aliphatic rings. The van der Waals surface area contributed by atoms with E-state index < -0.39 is 0 Å². The van der Waals surface area contributed by atoms with Crippen molar-refractivity contribution in [1.29, 1.82) is 0 Å². The van der Waals surface area contributed by atoms with Crippen LogP contribution in [0.25, 0.3) is 22.6 Å². The zero-order valence-corrected chi connectivity index (χ0v) is 17.1. The average Bonchev–Trinajstić information content (AvgIpc) is 3.48. The Morgan fingerprint density at radius 1 is 0.903 bits per heavy atom. The van der Waals surface area contributed by atoms with Gasteiger partial charge in [-0.2, -0.15) is 0 Å². The van der Waals surface area contributed by atoms with Gasteiger partial charge in [-0.25, -0.2) is 0 Å². The van der Waals surface area contributed by atoms with Crippen LogP contribution in [0, 0.1) is 0 Å².